The van der Waals surface area contributed by atoms with Crippen LogP contribution in [0.3, 0.4) is 0 Å². The molecule has 0 bridgehead atoms. The van der Waals surface area contributed by atoms with Gasteiger partial charge in [0.2, 0.25) is 5.84 Å². The lowest BCUT2D eigenvalue weighted by molar-refractivity contribution is -0.407. The van der Waals surface area contributed by atoms with E-state index >= 15 is 0 Å². The van der Waals surface area contributed by atoms with Crippen LogP contribution >= 0.6 is 23.1 Å². The van der Waals surface area contributed by atoms with Gasteiger partial charge in [0.05, 0.1) is 19.0 Å². The first-order valence-electron chi connectivity index (χ1n) is 8.77. The van der Waals surface area contributed by atoms with Crippen LogP contribution in [0, 0.1) is 12.8 Å². The molecule has 4 rings (SSSR count). The molecule has 1 aromatic carbocycles. The summed E-state index contributed by atoms with van der Waals surface area (Å²) < 4.78 is 1.45. The molecule has 8 heteroatoms. The normalized spacial score (nSPS) is 19.5. The lowest BCUT2D eigenvalue weighted by Crippen LogP contribution is -2.54. The molecule has 1 unspecified atom stereocenters. The van der Waals surface area contributed by atoms with Crippen LogP contribution in [0.1, 0.15) is 16.0 Å². The van der Waals surface area contributed by atoms with Crippen LogP contribution in [0.2, 0.25) is 0 Å². The number of urea groups is 1. The van der Waals surface area contributed by atoms with Crippen LogP contribution in [0.15, 0.2) is 51.8 Å². The number of aryl methyl sites for hydroxylation is 1. The zero-order valence-corrected chi connectivity index (χ0v) is 17.4. The molecular formula is C20H19N4O2S2+. The van der Waals surface area contributed by atoms with Crippen LogP contribution in [0.4, 0.5) is 4.79 Å². The minimum atomic E-state index is -0.646. The Balaban J connectivity index is 1.73. The number of carbonyl (C=O) groups excluding carboxylic acids is 2. The van der Waals surface area contributed by atoms with E-state index in [9.17, 15) is 9.59 Å². The number of rotatable bonds is 3. The monoisotopic (exact) mass is 411 g/mol. The second-order valence-electron chi connectivity index (χ2n) is 6.67. The third-order valence-corrected chi connectivity index (χ3v) is 6.65. The van der Waals surface area contributed by atoms with Gasteiger partial charge in [-0.15, -0.1) is 23.1 Å². The minimum Gasteiger partial charge on any atom is -0.255 e. The Kier molecular flexibility index (Phi) is 4.99. The van der Waals surface area contributed by atoms with Crippen molar-refractivity contribution < 1.29 is 14.2 Å². The first-order valence-corrected chi connectivity index (χ1v) is 10.6. The van der Waals surface area contributed by atoms with E-state index in [2.05, 4.69) is 36.2 Å². The highest BCUT2D eigenvalue weighted by Gasteiger charge is 2.49. The molecule has 142 valence electrons. The molecule has 0 radical (unpaired) electrons. The number of thiophene rings is 1. The molecule has 0 aliphatic carbocycles. The summed E-state index contributed by atoms with van der Waals surface area (Å²) in [6.07, 6.45) is 0. The van der Waals surface area contributed by atoms with Gasteiger partial charge in [-0.1, -0.05) is 40.9 Å². The van der Waals surface area contributed by atoms with E-state index in [1.807, 2.05) is 17.5 Å². The number of imide groups is 1. The number of fused-ring (bicyclic) bond motifs is 1. The maximum Gasteiger partial charge on any atom is 0.445 e. The molecule has 0 fully saturated rings. The first kappa shape index (κ1) is 18.8. The van der Waals surface area contributed by atoms with Crippen molar-refractivity contribution in [3.05, 3.63) is 57.8 Å². The van der Waals surface area contributed by atoms with Gasteiger partial charge < -0.3 is 0 Å². The summed E-state index contributed by atoms with van der Waals surface area (Å²) in [5, 5.41) is 2.63. The predicted octanol–water partition coefficient (Wildman–Crippen LogP) is 3.40. The summed E-state index contributed by atoms with van der Waals surface area (Å²) in [7, 11) is 3.15. The maximum atomic E-state index is 12.9. The van der Waals surface area contributed by atoms with Crippen LogP contribution < -0.4 is 0 Å². The van der Waals surface area contributed by atoms with Crippen molar-refractivity contribution in [2.75, 3.05) is 14.1 Å². The Bertz CT molecular complexity index is 1040. The Labute approximate surface area is 171 Å². The van der Waals surface area contributed by atoms with E-state index in [-0.39, 0.29) is 11.9 Å². The summed E-state index contributed by atoms with van der Waals surface area (Å²) >= 11 is 3.05. The lowest BCUT2D eigenvalue weighted by atomic mass is 10.0. The highest BCUT2D eigenvalue weighted by atomic mass is 32.2. The average Bonchev–Trinajstić information content (AvgIpc) is 3.24. The summed E-state index contributed by atoms with van der Waals surface area (Å²) in [6, 6.07) is 11.8. The molecular weight excluding hydrogens is 392 g/mol. The standard InChI is InChI=1S/C20H19N4O2S2/c1-12-6-8-13(9-7-12)11-28-18-15-17(23(2)20(26)24(3)19(15)25)21-16(22-18)14-5-4-10-27-14/h4-10,15H,11H2,1-3H3/q+1. The average molecular weight is 412 g/mol. The number of aliphatic imine (C=N–C) groups is 2. The maximum absolute atomic E-state index is 12.9. The molecule has 28 heavy (non-hydrogen) atoms. The van der Waals surface area contributed by atoms with E-state index in [4.69, 9.17) is 4.99 Å². The predicted molar refractivity (Wildman–Crippen MR) is 114 cm³/mol. The number of hydrogen-bond acceptors (Lipinski definition) is 6. The lowest BCUT2D eigenvalue weighted by Gasteiger charge is -2.26. The molecule has 2 aliphatic heterocycles. The van der Waals surface area contributed by atoms with Crippen LogP contribution in [-0.4, -0.2) is 52.2 Å². The molecule has 0 saturated carbocycles. The molecule has 0 saturated heterocycles. The molecule has 6 nitrogen and oxygen atoms in total. The number of carbonyl (C=O) groups is 2. The van der Waals surface area contributed by atoms with Crippen molar-refractivity contribution in [3.8, 4) is 0 Å². The fraction of sp³-hybridized carbons (Fsp3) is 0.250. The van der Waals surface area contributed by atoms with E-state index in [0.717, 1.165) is 15.3 Å². The molecule has 1 atom stereocenters. The Morgan fingerprint density at radius 3 is 2.61 bits per heavy atom. The van der Waals surface area contributed by atoms with Gasteiger partial charge in [0.1, 0.15) is 5.04 Å². The van der Waals surface area contributed by atoms with E-state index in [0.29, 0.717) is 22.5 Å². The highest BCUT2D eigenvalue weighted by Crippen LogP contribution is 2.29. The fourth-order valence-electron chi connectivity index (χ4n) is 3.05. The van der Waals surface area contributed by atoms with Crippen molar-refractivity contribution in [1.82, 2.24) is 4.90 Å². The van der Waals surface area contributed by atoms with Crippen molar-refractivity contribution in [2.24, 2.45) is 15.9 Å². The topological polar surface area (TPSA) is 65.1 Å². The van der Waals surface area contributed by atoms with Gasteiger partial charge in [-0.25, -0.2) is 9.79 Å². The van der Waals surface area contributed by atoms with Gasteiger partial charge in [-0.2, -0.15) is 9.48 Å². The molecule has 3 heterocycles. The van der Waals surface area contributed by atoms with Crippen molar-refractivity contribution in [1.29, 1.82) is 0 Å². The summed E-state index contributed by atoms with van der Waals surface area (Å²) in [5.74, 6) is 0.742. The fourth-order valence-corrected chi connectivity index (χ4v) is 4.73. The summed E-state index contributed by atoms with van der Waals surface area (Å²) in [4.78, 5) is 36.6. The quantitative estimate of drug-likeness (QED) is 0.727. The Morgan fingerprint density at radius 2 is 1.93 bits per heavy atom. The van der Waals surface area contributed by atoms with E-state index in [1.54, 1.807) is 7.05 Å². The number of amides is 3. The molecule has 1 aromatic heterocycles. The summed E-state index contributed by atoms with van der Waals surface area (Å²) in [5.41, 5.74) is 2.36. The zero-order chi connectivity index (χ0) is 19.8. The second-order valence-corrected chi connectivity index (χ2v) is 8.61. The van der Waals surface area contributed by atoms with Crippen molar-refractivity contribution in [2.45, 2.75) is 12.7 Å². The van der Waals surface area contributed by atoms with Gasteiger partial charge in [-0.3, -0.25) is 4.79 Å². The van der Waals surface area contributed by atoms with E-state index in [1.165, 1.54) is 40.3 Å². The molecule has 2 aromatic rings. The third-order valence-electron chi connectivity index (χ3n) is 4.69. The largest absolute Gasteiger partial charge is 0.445 e. The van der Waals surface area contributed by atoms with Crippen molar-refractivity contribution in [3.63, 3.8) is 0 Å². The zero-order valence-electron chi connectivity index (χ0n) is 15.7. The minimum absolute atomic E-state index is 0.290. The van der Waals surface area contributed by atoms with Gasteiger partial charge in [-0.05, 0) is 23.9 Å². The molecule has 3 amide bonds. The third kappa shape index (κ3) is 3.33. The molecule has 0 N–H and O–H groups in total. The summed E-state index contributed by atoms with van der Waals surface area (Å²) in [6.45, 7) is 2.05. The molecule has 0 spiro atoms. The number of amidine groups is 2. The van der Waals surface area contributed by atoms with Crippen molar-refractivity contribution >= 4 is 51.8 Å². The second kappa shape index (κ2) is 7.44. The SMILES string of the molecule is Cc1ccc(CSC2=NC(c3cccs3)=NC3=[N+](C)C(=O)N(C)C(=O)C23)cc1. The number of thioether (sulfide) groups is 1. The van der Waals surface area contributed by atoms with Crippen LogP contribution in [-0.2, 0) is 10.5 Å². The van der Waals surface area contributed by atoms with Gasteiger partial charge in [0.15, 0.2) is 5.92 Å². The van der Waals surface area contributed by atoms with Gasteiger partial charge >= 0.3 is 11.9 Å². The van der Waals surface area contributed by atoms with Crippen LogP contribution in [0.5, 0.6) is 0 Å². The first-order chi connectivity index (χ1) is 13.5. The van der Waals surface area contributed by atoms with E-state index < -0.39 is 5.92 Å². The Morgan fingerprint density at radius 1 is 1.18 bits per heavy atom. The number of nitrogens with zero attached hydrogens (tertiary/aromatic N) is 4. The Hall–Kier alpha value is -2.58. The molecule has 2 aliphatic rings. The van der Waals surface area contributed by atoms with Crippen LogP contribution in [0.25, 0.3) is 0 Å². The van der Waals surface area contributed by atoms with Gasteiger partial charge in [0.25, 0.3) is 5.84 Å². The number of hydrogen-bond donors (Lipinski definition) is 0. The highest BCUT2D eigenvalue weighted by molar-refractivity contribution is 8.13. The number of benzene rings is 1. The smallest absolute Gasteiger partial charge is 0.255 e. The van der Waals surface area contributed by atoms with Gasteiger partial charge in [0, 0.05) is 5.75 Å².